The average molecular weight is 528 g/mol. The van der Waals surface area contributed by atoms with Gasteiger partial charge < -0.3 is 14.8 Å². The minimum atomic E-state index is -3.64. The van der Waals surface area contributed by atoms with Crippen molar-refractivity contribution < 1.29 is 22.7 Å². The van der Waals surface area contributed by atoms with Crippen LogP contribution in [0.25, 0.3) is 0 Å². The largest absolute Gasteiger partial charge is 0.496 e. The maximum atomic E-state index is 12.5. The first-order valence-electron chi connectivity index (χ1n) is 9.46. The molecule has 0 bridgehead atoms. The minimum Gasteiger partial charge on any atom is -0.496 e. The SMILES string of the molecule is COc1ccc(Br)cc1C(=O)NC(=S)Nc1ccc(S(=O)(=O)NCC2CCCO2)cc1. The van der Waals surface area contributed by atoms with Gasteiger partial charge in [-0.25, -0.2) is 13.1 Å². The van der Waals surface area contributed by atoms with Gasteiger partial charge in [0.15, 0.2) is 5.11 Å². The van der Waals surface area contributed by atoms with Crippen LogP contribution in [0.1, 0.15) is 23.2 Å². The summed E-state index contributed by atoms with van der Waals surface area (Å²) in [6, 6.07) is 11.1. The van der Waals surface area contributed by atoms with Crippen LogP contribution in [0.2, 0.25) is 0 Å². The third-order valence-corrected chi connectivity index (χ3v) is 6.72. The van der Waals surface area contributed by atoms with Crippen molar-refractivity contribution in [2.24, 2.45) is 0 Å². The summed E-state index contributed by atoms with van der Waals surface area (Å²) >= 11 is 8.52. The van der Waals surface area contributed by atoms with Gasteiger partial charge >= 0.3 is 0 Å². The average Bonchev–Trinajstić information content (AvgIpc) is 3.26. The Kier molecular flexibility index (Phi) is 8.00. The summed E-state index contributed by atoms with van der Waals surface area (Å²) in [5.74, 6) is -0.0262. The van der Waals surface area contributed by atoms with Crippen LogP contribution in [-0.4, -0.2) is 45.8 Å². The summed E-state index contributed by atoms with van der Waals surface area (Å²) in [4.78, 5) is 12.6. The van der Waals surface area contributed by atoms with Crippen LogP contribution < -0.4 is 20.1 Å². The van der Waals surface area contributed by atoms with Crippen molar-refractivity contribution in [1.82, 2.24) is 10.0 Å². The molecule has 1 atom stereocenters. The van der Waals surface area contributed by atoms with Crippen LogP contribution in [0.3, 0.4) is 0 Å². The normalized spacial score (nSPS) is 16.0. The molecule has 1 aliphatic heterocycles. The molecule has 8 nitrogen and oxygen atoms in total. The van der Waals surface area contributed by atoms with Crippen LogP contribution in [0.15, 0.2) is 51.8 Å². The number of hydrogen-bond donors (Lipinski definition) is 3. The van der Waals surface area contributed by atoms with E-state index in [-0.39, 0.29) is 22.7 Å². The first-order chi connectivity index (χ1) is 14.8. The van der Waals surface area contributed by atoms with E-state index in [2.05, 4.69) is 31.3 Å². The number of ether oxygens (including phenoxy) is 2. The summed E-state index contributed by atoms with van der Waals surface area (Å²) in [5.41, 5.74) is 0.851. The molecule has 3 N–H and O–H groups in total. The van der Waals surface area contributed by atoms with Crippen molar-refractivity contribution in [1.29, 1.82) is 0 Å². The molecule has 0 aliphatic carbocycles. The maximum absolute atomic E-state index is 12.5. The number of methoxy groups -OCH3 is 1. The van der Waals surface area contributed by atoms with Crippen molar-refractivity contribution in [2.75, 3.05) is 25.6 Å². The van der Waals surface area contributed by atoms with E-state index in [1.165, 1.54) is 19.2 Å². The van der Waals surface area contributed by atoms with E-state index in [0.717, 1.165) is 17.3 Å². The van der Waals surface area contributed by atoms with Crippen molar-refractivity contribution in [3.05, 3.63) is 52.5 Å². The van der Waals surface area contributed by atoms with Crippen LogP contribution in [-0.2, 0) is 14.8 Å². The molecule has 166 valence electrons. The van der Waals surface area contributed by atoms with E-state index >= 15 is 0 Å². The zero-order chi connectivity index (χ0) is 22.4. The Morgan fingerprint density at radius 3 is 2.65 bits per heavy atom. The zero-order valence-corrected chi connectivity index (χ0v) is 19.9. The van der Waals surface area contributed by atoms with Crippen molar-refractivity contribution in [3.63, 3.8) is 0 Å². The van der Waals surface area contributed by atoms with Crippen LogP contribution >= 0.6 is 28.1 Å². The number of nitrogens with one attached hydrogen (secondary N) is 3. The second kappa shape index (κ2) is 10.5. The number of rotatable bonds is 7. The monoisotopic (exact) mass is 527 g/mol. The maximum Gasteiger partial charge on any atom is 0.261 e. The number of halogens is 1. The van der Waals surface area contributed by atoms with Gasteiger partial charge in [-0.3, -0.25) is 10.1 Å². The molecule has 31 heavy (non-hydrogen) atoms. The Morgan fingerprint density at radius 2 is 2.00 bits per heavy atom. The number of sulfonamides is 1. The van der Waals surface area contributed by atoms with Crippen LogP contribution in [0.5, 0.6) is 5.75 Å². The quantitative estimate of drug-likeness (QED) is 0.475. The molecular weight excluding hydrogens is 506 g/mol. The van der Waals surface area contributed by atoms with Crippen molar-refractivity contribution in [2.45, 2.75) is 23.8 Å². The van der Waals surface area contributed by atoms with E-state index in [1.54, 1.807) is 30.3 Å². The lowest BCUT2D eigenvalue weighted by atomic mass is 10.2. The molecular formula is C20H22BrN3O5S2. The Balaban J connectivity index is 1.58. The first-order valence-corrected chi connectivity index (χ1v) is 12.1. The number of anilines is 1. The molecule has 0 radical (unpaired) electrons. The van der Waals surface area contributed by atoms with Gasteiger partial charge in [-0.15, -0.1) is 0 Å². The van der Waals surface area contributed by atoms with Gasteiger partial charge in [0.1, 0.15) is 5.75 Å². The lowest BCUT2D eigenvalue weighted by Crippen LogP contribution is -2.34. The van der Waals surface area contributed by atoms with Crippen molar-refractivity contribution in [3.8, 4) is 5.75 Å². The van der Waals surface area contributed by atoms with Crippen molar-refractivity contribution >= 4 is 54.9 Å². The third-order valence-electron chi connectivity index (χ3n) is 4.58. The topological polar surface area (TPSA) is 106 Å². The predicted molar refractivity (Wildman–Crippen MR) is 125 cm³/mol. The van der Waals surface area contributed by atoms with E-state index in [9.17, 15) is 13.2 Å². The molecule has 1 aliphatic rings. The van der Waals surface area contributed by atoms with E-state index < -0.39 is 15.9 Å². The fourth-order valence-electron chi connectivity index (χ4n) is 3.00. The molecule has 3 rings (SSSR count). The number of benzene rings is 2. The lowest BCUT2D eigenvalue weighted by molar-refractivity contribution is 0.0974. The standard InChI is InChI=1S/C20H22BrN3O5S2/c1-28-18-9-4-13(21)11-17(18)19(25)24-20(30)23-14-5-7-16(8-6-14)31(26,27)22-12-15-3-2-10-29-15/h4-9,11,15,22H,2-3,10,12H2,1H3,(H2,23,24,25,30). The van der Waals surface area contributed by atoms with Gasteiger partial charge in [0.25, 0.3) is 5.91 Å². The summed E-state index contributed by atoms with van der Waals surface area (Å²) in [5, 5.41) is 5.51. The Labute approximate surface area is 194 Å². The molecule has 2 aromatic rings. The second-order valence-corrected chi connectivity index (χ2v) is 9.86. The number of carbonyl (C=O) groups excluding carboxylic acids is 1. The minimum absolute atomic E-state index is 0.0687. The highest BCUT2D eigenvalue weighted by Gasteiger charge is 2.20. The fraction of sp³-hybridized carbons (Fsp3) is 0.300. The highest BCUT2D eigenvalue weighted by Crippen LogP contribution is 2.23. The summed E-state index contributed by atoms with van der Waals surface area (Å²) in [7, 11) is -2.16. The molecule has 1 heterocycles. The van der Waals surface area contributed by atoms with E-state index in [4.69, 9.17) is 21.7 Å². The second-order valence-electron chi connectivity index (χ2n) is 6.76. The van der Waals surface area contributed by atoms with Gasteiger partial charge in [0.2, 0.25) is 10.0 Å². The predicted octanol–water partition coefficient (Wildman–Crippen LogP) is 3.04. The Hall–Kier alpha value is -2.05. The zero-order valence-electron chi connectivity index (χ0n) is 16.7. The third kappa shape index (κ3) is 6.47. The lowest BCUT2D eigenvalue weighted by Gasteiger charge is -2.13. The number of amides is 1. The summed E-state index contributed by atoms with van der Waals surface area (Å²) in [6.45, 7) is 0.912. The molecule has 1 fully saturated rings. The molecule has 0 spiro atoms. The number of carbonyl (C=O) groups is 1. The van der Waals surface area contributed by atoms with Crippen LogP contribution in [0.4, 0.5) is 5.69 Å². The van der Waals surface area contributed by atoms with E-state index in [1.807, 2.05) is 0 Å². The summed E-state index contributed by atoms with van der Waals surface area (Å²) < 4.78 is 38.8. The fourth-order valence-corrected chi connectivity index (χ4v) is 4.64. The van der Waals surface area contributed by atoms with Gasteiger partial charge in [-0.1, -0.05) is 15.9 Å². The molecule has 1 saturated heterocycles. The molecule has 1 unspecified atom stereocenters. The molecule has 1 amide bonds. The molecule has 0 aromatic heterocycles. The highest BCUT2D eigenvalue weighted by atomic mass is 79.9. The first kappa shape index (κ1) is 23.6. The Morgan fingerprint density at radius 1 is 1.26 bits per heavy atom. The van der Waals surface area contributed by atoms with Crippen LogP contribution in [0, 0.1) is 0 Å². The van der Waals surface area contributed by atoms with E-state index in [0.29, 0.717) is 23.6 Å². The Bertz CT molecular complexity index is 1050. The number of hydrogen-bond acceptors (Lipinski definition) is 6. The smallest absolute Gasteiger partial charge is 0.261 e. The van der Waals surface area contributed by atoms with Gasteiger partial charge in [-0.2, -0.15) is 0 Å². The van der Waals surface area contributed by atoms with Gasteiger partial charge in [0.05, 0.1) is 23.7 Å². The summed E-state index contributed by atoms with van der Waals surface area (Å²) in [6.07, 6.45) is 1.71. The molecule has 11 heteroatoms. The molecule has 0 saturated carbocycles. The molecule has 2 aromatic carbocycles. The van der Waals surface area contributed by atoms with Gasteiger partial charge in [0, 0.05) is 23.3 Å². The highest BCUT2D eigenvalue weighted by molar-refractivity contribution is 9.10. The van der Waals surface area contributed by atoms with Gasteiger partial charge in [-0.05, 0) is 67.5 Å². The number of thiocarbonyl (C=S) groups is 1.